The molecule has 3 N–H and O–H groups in total. The van der Waals surface area contributed by atoms with E-state index in [1.807, 2.05) is 54.9 Å². The molecule has 8 nitrogen and oxygen atoms in total. The van der Waals surface area contributed by atoms with E-state index in [0.717, 1.165) is 46.8 Å². The number of aromatic nitrogens is 4. The van der Waals surface area contributed by atoms with E-state index in [1.54, 1.807) is 6.07 Å². The zero-order chi connectivity index (χ0) is 25.3. The summed E-state index contributed by atoms with van der Waals surface area (Å²) in [5.41, 5.74) is 7.38. The number of benzene rings is 1. The Kier molecular flexibility index (Phi) is 6.44. The van der Waals surface area contributed by atoms with Gasteiger partial charge in [-0.25, -0.2) is 9.78 Å². The highest BCUT2D eigenvalue weighted by molar-refractivity contribution is 5.75. The van der Waals surface area contributed by atoms with Crippen LogP contribution < -0.4 is 5.32 Å². The number of hydrogen-bond donors (Lipinski definition) is 3. The van der Waals surface area contributed by atoms with E-state index in [-0.39, 0.29) is 5.75 Å². The van der Waals surface area contributed by atoms with Gasteiger partial charge in [-0.15, -0.1) is 0 Å². The number of carbonyl (C=O) groups is 1. The van der Waals surface area contributed by atoms with Crippen LogP contribution in [0, 0.1) is 13.8 Å². The van der Waals surface area contributed by atoms with E-state index < -0.39 is 12.1 Å². The number of fused-ring (bicyclic) bond motifs is 1. The van der Waals surface area contributed by atoms with Gasteiger partial charge in [-0.05, 0) is 60.9 Å². The molecular formula is C24H22F3N5O3. The molecule has 0 unspecified atom stereocenters. The fourth-order valence-electron chi connectivity index (χ4n) is 3.68. The van der Waals surface area contributed by atoms with Crippen molar-refractivity contribution in [2.75, 3.05) is 13.1 Å². The van der Waals surface area contributed by atoms with Crippen LogP contribution in [0.15, 0.2) is 48.8 Å². The number of aromatic hydroxyl groups is 1. The molecule has 1 aliphatic heterocycles. The Balaban J connectivity index is 0.000000364. The van der Waals surface area contributed by atoms with Crippen LogP contribution in [-0.2, 0) is 4.79 Å². The Bertz CT molecular complexity index is 1380. The fourth-order valence-corrected chi connectivity index (χ4v) is 3.68. The normalized spacial score (nSPS) is 13.7. The first kappa shape index (κ1) is 24.1. The molecule has 4 aromatic rings. The summed E-state index contributed by atoms with van der Waals surface area (Å²) in [4.78, 5) is 13.4. The second kappa shape index (κ2) is 9.34. The average molecular weight is 485 g/mol. The number of aliphatic carboxylic acids is 1. The number of nitrogens with zero attached hydrogens (tertiary/aromatic N) is 4. The SMILES string of the molecule is Cc1cn2cc(-c3ccc(-c4ccc(C5CNC5)nn4)c(O)c3)cc(C)c2n1.O=C(O)C(F)(F)F. The molecule has 0 spiro atoms. The van der Waals surface area contributed by atoms with Gasteiger partial charge in [0.05, 0.1) is 17.1 Å². The number of phenols is 1. The topological polar surface area (TPSA) is 113 Å². The molecule has 1 saturated heterocycles. The molecule has 5 rings (SSSR count). The van der Waals surface area contributed by atoms with Gasteiger partial charge in [-0.2, -0.15) is 23.4 Å². The number of carboxylic acids is 1. The zero-order valence-corrected chi connectivity index (χ0v) is 18.8. The highest BCUT2D eigenvalue weighted by Crippen LogP contribution is 2.33. The lowest BCUT2D eigenvalue weighted by molar-refractivity contribution is -0.192. The molecular weight excluding hydrogens is 463 g/mol. The van der Waals surface area contributed by atoms with Gasteiger partial charge in [-0.3, -0.25) is 0 Å². The third-order valence-electron chi connectivity index (χ3n) is 5.59. The number of imidazole rings is 1. The fraction of sp³-hybridized carbons (Fsp3) is 0.250. The summed E-state index contributed by atoms with van der Waals surface area (Å²) in [7, 11) is 0. The Morgan fingerprint density at radius 2 is 1.77 bits per heavy atom. The van der Waals surface area contributed by atoms with Gasteiger partial charge in [0, 0.05) is 37.0 Å². The Morgan fingerprint density at radius 1 is 1.06 bits per heavy atom. The molecule has 0 aliphatic carbocycles. The minimum atomic E-state index is -5.08. The van der Waals surface area contributed by atoms with Crippen molar-refractivity contribution in [3.8, 4) is 28.1 Å². The van der Waals surface area contributed by atoms with Crippen LogP contribution in [0.1, 0.15) is 22.9 Å². The van der Waals surface area contributed by atoms with Gasteiger partial charge in [-0.1, -0.05) is 6.07 Å². The minimum Gasteiger partial charge on any atom is -0.507 e. The molecule has 0 atom stereocenters. The van der Waals surface area contributed by atoms with Crippen molar-refractivity contribution in [2.45, 2.75) is 25.9 Å². The monoisotopic (exact) mass is 485 g/mol. The summed E-state index contributed by atoms with van der Waals surface area (Å²) in [5.74, 6) is -2.11. The standard InChI is InChI=1S/C22H21N5O.C2HF3O2/c1-13-7-16(12-27-11-14(2)24-22(13)27)15-3-4-18(21(28)8-15)20-6-5-19(25-26-20)17-9-23-10-17;3-2(4,5)1(6)7/h3-8,11-12,17,23,28H,9-10H2,1-2H3;(H,6,7). The summed E-state index contributed by atoms with van der Waals surface area (Å²) in [6.07, 6.45) is -1.03. The minimum absolute atomic E-state index is 0.199. The van der Waals surface area contributed by atoms with E-state index in [1.165, 1.54) is 0 Å². The van der Waals surface area contributed by atoms with Gasteiger partial charge < -0.3 is 19.9 Å². The molecule has 182 valence electrons. The molecule has 35 heavy (non-hydrogen) atoms. The van der Waals surface area contributed by atoms with Crippen molar-refractivity contribution in [1.82, 2.24) is 24.9 Å². The quantitative estimate of drug-likeness (QED) is 0.401. The van der Waals surface area contributed by atoms with Crippen molar-refractivity contribution >= 4 is 11.6 Å². The van der Waals surface area contributed by atoms with Crippen molar-refractivity contribution in [3.05, 3.63) is 65.7 Å². The van der Waals surface area contributed by atoms with E-state index in [0.29, 0.717) is 17.2 Å². The maximum atomic E-state index is 10.6. The highest BCUT2D eigenvalue weighted by atomic mass is 19.4. The predicted molar refractivity (Wildman–Crippen MR) is 122 cm³/mol. The number of phenolic OH excluding ortho intramolecular Hbond substituents is 1. The van der Waals surface area contributed by atoms with Crippen molar-refractivity contribution in [1.29, 1.82) is 0 Å². The van der Waals surface area contributed by atoms with Crippen molar-refractivity contribution in [2.24, 2.45) is 0 Å². The summed E-state index contributed by atoms with van der Waals surface area (Å²) in [6, 6.07) is 11.7. The van der Waals surface area contributed by atoms with E-state index in [9.17, 15) is 18.3 Å². The number of nitrogens with one attached hydrogen (secondary N) is 1. The summed E-state index contributed by atoms with van der Waals surface area (Å²) < 4.78 is 33.8. The second-order valence-electron chi connectivity index (χ2n) is 8.26. The van der Waals surface area contributed by atoms with Gasteiger partial charge in [0.2, 0.25) is 0 Å². The molecule has 3 aromatic heterocycles. The van der Waals surface area contributed by atoms with Crippen LogP contribution in [-0.4, -0.2) is 55.0 Å². The van der Waals surface area contributed by atoms with Crippen LogP contribution in [0.3, 0.4) is 0 Å². The lowest BCUT2D eigenvalue weighted by Gasteiger charge is -2.25. The maximum absolute atomic E-state index is 10.6. The molecule has 1 fully saturated rings. The first-order valence-corrected chi connectivity index (χ1v) is 10.7. The number of pyridine rings is 1. The summed E-state index contributed by atoms with van der Waals surface area (Å²) in [6.45, 7) is 5.94. The first-order chi connectivity index (χ1) is 16.5. The first-order valence-electron chi connectivity index (χ1n) is 10.7. The predicted octanol–water partition coefficient (Wildman–Crippen LogP) is 4.10. The van der Waals surface area contributed by atoms with Gasteiger partial charge >= 0.3 is 12.1 Å². The Hall–Kier alpha value is -3.99. The van der Waals surface area contributed by atoms with E-state index in [4.69, 9.17) is 9.90 Å². The number of aryl methyl sites for hydroxylation is 2. The summed E-state index contributed by atoms with van der Waals surface area (Å²) in [5, 5.41) is 29.7. The molecule has 11 heteroatoms. The lowest BCUT2D eigenvalue weighted by atomic mass is 9.98. The third kappa shape index (κ3) is 5.24. The molecule has 0 amide bonds. The number of hydrogen-bond acceptors (Lipinski definition) is 6. The molecule has 4 heterocycles. The van der Waals surface area contributed by atoms with Crippen molar-refractivity contribution < 1.29 is 28.2 Å². The van der Waals surface area contributed by atoms with Crippen molar-refractivity contribution in [3.63, 3.8) is 0 Å². The third-order valence-corrected chi connectivity index (χ3v) is 5.59. The largest absolute Gasteiger partial charge is 0.507 e. The van der Waals surface area contributed by atoms with Crippen LogP contribution >= 0.6 is 0 Å². The van der Waals surface area contributed by atoms with E-state index in [2.05, 4.69) is 26.6 Å². The van der Waals surface area contributed by atoms with Crippen LogP contribution in [0.2, 0.25) is 0 Å². The number of alkyl halides is 3. The lowest BCUT2D eigenvalue weighted by Crippen LogP contribution is -2.40. The van der Waals surface area contributed by atoms with Gasteiger partial charge in [0.1, 0.15) is 11.4 Å². The van der Waals surface area contributed by atoms with E-state index >= 15 is 0 Å². The molecule has 0 bridgehead atoms. The highest BCUT2D eigenvalue weighted by Gasteiger charge is 2.38. The molecule has 0 radical (unpaired) electrons. The zero-order valence-electron chi connectivity index (χ0n) is 18.8. The number of rotatable bonds is 3. The van der Waals surface area contributed by atoms with Crippen LogP contribution in [0.25, 0.3) is 28.0 Å². The molecule has 1 aromatic carbocycles. The number of halogens is 3. The number of carboxylic acid groups (broad SMARTS) is 1. The summed E-state index contributed by atoms with van der Waals surface area (Å²) >= 11 is 0. The van der Waals surface area contributed by atoms with Gasteiger partial charge in [0.15, 0.2) is 0 Å². The van der Waals surface area contributed by atoms with Crippen LogP contribution in [0.5, 0.6) is 5.75 Å². The smallest absolute Gasteiger partial charge is 0.490 e. The maximum Gasteiger partial charge on any atom is 0.490 e. The molecule has 1 aliphatic rings. The molecule has 0 saturated carbocycles. The van der Waals surface area contributed by atoms with Gasteiger partial charge in [0.25, 0.3) is 0 Å². The average Bonchev–Trinajstić information content (AvgIpc) is 3.14. The Labute approximate surface area is 198 Å². The van der Waals surface area contributed by atoms with Crippen LogP contribution in [0.4, 0.5) is 13.2 Å². The Morgan fingerprint density at radius 3 is 2.31 bits per heavy atom. The second-order valence-corrected chi connectivity index (χ2v) is 8.26.